The summed E-state index contributed by atoms with van der Waals surface area (Å²) < 4.78 is 0.996. The molecule has 0 aromatic carbocycles. The van der Waals surface area contributed by atoms with Crippen LogP contribution in [0.15, 0.2) is 12.5 Å². The Balaban J connectivity index is 2.35. The minimum atomic E-state index is -0.220. The molecule has 0 saturated heterocycles. The highest BCUT2D eigenvalue weighted by molar-refractivity contribution is 14.1. The van der Waals surface area contributed by atoms with Gasteiger partial charge in [-0.1, -0.05) is 6.92 Å². The Morgan fingerprint density at radius 2 is 2.43 bits per heavy atom. The van der Waals surface area contributed by atoms with E-state index in [1.807, 2.05) is 6.92 Å². The average Bonchev–Trinajstić information content (AvgIpc) is 2.20. The molecular weight excluding hydrogens is 293 g/mol. The molecule has 0 saturated carbocycles. The summed E-state index contributed by atoms with van der Waals surface area (Å²) in [6, 6.07) is 0. The van der Waals surface area contributed by atoms with Crippen molar-refractivity contribution in [2.45, 2.75) is 25.9 Å². The van der Waals surface area contributed by atoms with E-state index < -0.39 is 0 Å². The van der Waals surface area contributed by atoms with Crippen LogP contribution < -0.4 is 5.32 Å². The molecule has 14 heavy (non-hydrogen) atoms. The van der Waals surface area contributed by atoms with Crippen molar-refractivity contribution in [2.75, 3.05) is 11.9 Å². The van der Waals surface area contributed by atoms with E-state index in [2.05, 4.69) is 37.9 Å². The molecule has 0 radical (unpaired) electrons. The summed E-state index contributed by atoms with van der Waals surface area (Å²) >= 11 is 2.18. The maximum Gasteiger partial charge on any atom is 0.142 e. The Labute approximate surface area is 97.3 Å². The van der Waals surface area contributed by atoms with Crippen LogP contribution in [0.2, 0.25) is 0 Å². The van der Waals surface area contributed by atoms with Gasteiger partial charge in [0.05, 0.1) is 9.67 Å². The van der Waals surface area contributed by atoms with Gasteiger partial charge in [-0.25, -0.2) is 9.97 Å². The lowest BCUT2D eigenvalue weighted by Gasteiger charge is -2.09. The Kier molecular flexibility index (Phi) is 5.10. The zero-order valence-corrected chi connectivity index (χ0v) is 10.2. The first kappa shape index (κ1) is 11.6. The standard InChI is InChI=1S/C9H14IN3O/c1-2-7(14)3-4-12-9-8(10)5-11-6-13-9/h5-7,14H,2-4H2,1H3,(H,11,12,13). The van der Waals surface area contributed by atoms with Gasteiger partial charge in [-0.05, 0) is 35.4 Å². The summed E-state index contributed by atoms with van der Waals surface area (Å²) in [6.45, 7) is 2.71. The number of rotatable bonds is 5. The number of hydrogen-bond donors (Lipinski definition) is 2. The molecule has 1 aromatic heterocycles. The third kappa shape index (κ3) is 3.75. The second-order valence-electron chi connectivity index (χ2n) is 3.00. The summed E-state index contributed by atoms with van der Waals surface area (Å²) in [5.74, 6) is 0.837. The number of aliphatic hydroxyl groups is 1. The van der Waals surface area contributed by atoms with Crippen molar-refractivity contribution < 1.29 is 5.11 Å². The average molecular weight is 307 g/mol. The first-order valence-electron chi connectivity index (χ1n) is 4.61. The van der Waals surface area contributed by atoms with Crippen LogP contribution in [0, 0.1) is 3.57 Å². The van der Waals surface area contributed by atoms with E-state index in [4.69, 9.17) is 0 Å². The number of hydrogen-bond acceptors (Lipinski definition) is 4. The van der Waals surface area contributed by atoms with Crippen LogP contribution in [0.3, 0.4) is 0 Å². The molecule has 0 aliphatic heterocycles. The molecule has 0 bridgehead atoms. The minimum Gasteiger partial charge on any atom is -0.393 e. The molecule has 2 N–H and O–H groups in total. The zero-order valence-electron chi connectivity index (χ0n) is 8.07. The van der Waals surface area contributed by atoms with Gasteiger partial charge < -0.3 is 10.4 Å². The molecule has 78 valence electrons. The largest absolute Gasteiger partial charge is 0.393 e. The molecule has 1 unspecified atom stereocenters. The topological polar surface area (TPSA) is 58.0 Å². The van der Waals surface area contributed by atoms with E-state index in [-0.39, 0.29) is 6.10 Å². The lowest BCUT2D eigenvalue weighted by atomic mass is 10.2. The van der Waals surface area contributed by atoms with E-state index >= 15 is 0 Å². The predicted molar refractivity (Wildman–Crippen MR) is 64.2 cm³/mol. The molecule has 0 aliphatic rings. The molecule has 4 nitrogen and oxygen atoms in total. The quantitative estimate of drug-likeness (QED) is 0.812. The van der Waals surface area contributed by atoms with Gasteiger partial charge in [0, 0.05) is 12.7 Å². The smallest absolute Gasteiger partial charge is 0.142 e. The highest BCUT2D eigenvalue weighted by Crippen LogP contribution is 2.12. The van der Waals surface area contributed by atoms with Gasteiger partial charge in [0.25, 0.3) is 0 Å². The SMILES string of the molecule is CCC(O)CCNc1ncncc1I. The van der Waals surface area contributed by atoms with Gasteiger partial charge in [-0.15, -0.1) is 0 Å². The zero-order chi connectivity index (χ0) is 10.4. The van der Waals surface area contributed by atoms with Crippen LogP contribution in [-0.4, -0.2) is 27.7 Å². The van der Waals surface area contributed by atoms with Crippen molar-refractivity contribution in [1.29, 1.82) is 0 Å². The molecule has 0 fully saturated rings. The van der Waals surface area contributed by atoms with Gasteiger partial charge in [-0.3, -0.25) is 0 Å². The van der Waals surface area contributed by atoms with Crippen molar-refractivity contribution in [3.8, 4) is 0 Å². The predicted octanol–water partition coefficient (Wildman–Crippen LogP) is 1.65. The Bertz CT molecular complexity index is 283. The van der Waals surface area contributed by atoms with Crippen LogP contribution in [0.4, 0.5) is 5.82 Å². The van der Waals surface area contributed by atoms with Gasteiger partial charge >= 0.3 is 0 Å². The Hall–Kier alpha value is -0.430. The van der Waals surface area contributed by atoms with Gasteiger partial charge in [0.15, 0.2) is 0 Å². The van der Waals surface area contributed by atoms with Crippen molar-refractivity contribution >= 4 is 28.4 Å². The van der Waals surface area contributed by atoms with Crippen molar-refractivity contribution in [1.82, 2.24) is 9.97 Å². The fourth-order valence-electron chi connectivity index (χ4n) is 1.00. The maximum absolute atomic E-state index is 9.33. The summed E-state index contributed by atoms with van der Waals surface area (Å²) in [4.78, 5) is 7.99. The van der Waals surface area contributed by atoms with Crippen LogP contribution in [0.1, 0.15) is 19.8 Å². The van der Waals surface area contributed by atoms with Crippen LogP contribution in [0.25, 0.3) is 0 Å². The molecule has 5 heteroatoms. The number of anilines is 1. The number of aromatic nitrogens is 2. The first-order valence-corrected chi connectivity index (χ1v) is 5.69. The highest BCUT2D eigenvalue weighted by atomic mass is 127. The minimum absolute atomic E-state index is 0.220. The van der Waals surface area contributed by atoms with E-state index in [1.54, 1.807) is 6.20 Å². The molecule has 1 aromatic rings. The number of aliphatic hydroxyl groups excluding tert-OH is 1. The summed E-state index contributed by atoms with van der Waals surface area (Å²) in [6.07, 6.45) is 4.59. The molecule has 1 rings (SSSR count). The third-order valence-corrected chi connectivity index (χ3v) is 2.70. The van der Waals surface area contributed by atoms with Crippen molar-refractivity contribution in [3.05, 3.63) is 16.1 Å². The van der Waals surface area contributed by atoms with Crippen LogP contribution in [-0.2, 0) is 0 Å². The van der Waals surface area contributed by atoms with E-state index in [0.29, 0.717) is 0 Å². The molecule has 1 heterocycles. The maximum atomic E-state index is 9.33. The molecule has 0 spiro atoms. The molecule has 0 amide bonds. The summed E-state index contributed by atoms with van der Waals surface area (Å²) in [5, 5.41) is 12.5. The third-order valence-electron chi connectivity index (χ3n) is 1.91. The van der Waals surface area contributed by atoms with Crippen LogP contribution in [0.5, 0.6) is 0 Å². The fourth-order valence-corrected chi connectivity index (χ4v) is 1.49. The van der Waals surface area contributed by atoms with Crippen molar-refractivity contribution in [3.63, 3.8) is 0 Å². The second-order valence-corrected chi connectivity index (χ2v) is 4.16. The van der Waals surface area contributed by atoms with E-state index in [9.17, 15) is 5.11 Å². The Morgan fingerprint density at radius 1 is 1.64 bits per heavy atom. The van der Waals surface area contributed by atoms with Gasteiger partial charge in [0.2, 0.25) is 0 Å². The number of halogens is 1. The van der Waals surface area contributed by atoms with Crippen molar-refractivity contribution in [2.24, 2.45) is 0 Å². The van der Waals surface area contributed by atoms with Crippen LogP contribution >= 0.6 is 22.6 Å². The number of nitrogens with one attached hydrogen (secondary N) is 1. The first-order chi connectivity index (χ1) is 6.74. The molecule has 1 atom stereocenters. The van der Waals surface area contributed by atoms with E-state index in [0.717, 1.165) is 28.8 Å². The fraction of sp³-hybridized carbons (Fsp3) is 0.556. The second kappa shape index (κ2) is 6.13. The summed E-state index contributed by atoms with van der Waals surface area (Å²) in [5.41, 5.74) is 0. The molecule has 0 aliphatic carbocycles. The Morgan fingerprint density at radius 3 is 3.07 bits per heavy atom. The van der Waals surface area contributed by atoms with Gasteiger partial charge in [0.1, 0.15) is 12.1 Å². The van der Waals surface area contributed by atoms with Gasteiger partial charge in [-0.2, -0.15) is 0 Å². The monoisotopic (exact) mass is 307 g/mol. The number of nitrogens with zero attached hydrogens (tertiary/aromatic N) is 2. The summed E-state index contributed by atoms with van der Waals surface area (Å²) in [7, 11) is 0. The lowest BCUT2D eigenvalue weighted by molar-refractivity contribution is 0.164. The molecular formula is C9H14IN3O. The lowest BCUT2D eigenvalue weighted by Crippen LogP contribution is -2.13. The highest BCUT2D eigenvalue weighted by Gasteiger charge is 2.02. The normalized spacial score (nSPS) is 12.5. The van der Waals surface area contributed by atoms with E-state index in [1.165, 1.54) is 6.33 Å².